The van der Waals surface area contributed by atoms with Crippen LogP contribution in [0.25, 0.3) is 0 Å². The van der Waals surface area contributed by atoms with Crippen molar-refractivity contribution in [1.82, 2.24) is 10.9 Å². The fraction of sp³-hybridized carbons (Fsp3) is 0.0476. The van der Waals surface area contributed by atoms with Crippen LogP contribution in [0.5, 0.6) is 5.75 Å². The van der Waals surface area contributed by atoms with Crippen LogP contribution in [0, 0.1) is 5.82 Å². The quantitative estimate of drug-likeness (QED) is 0.486. The van der Waals surface area contributed by atoms with E-state index < -0.39 is 34.3 Å². The summed E-state index contributed by atoms with van der Waals surface area (Å²) < 4.78 is 45.7. The molecule has 3 N–H and O–H groups in total. The lowest BCUT2D eigenvalue weighted by molar-refractivity contribution is -0.123. The molecule has 10 heteroatoms. The van der Waals surface area contributed by atoms with E-state index in [4.69, 9.17) is 4.74 Å². The fourth-order valence-electron chi connectivity index (χ4n) is 2.45. The molecule has 3 rings (SSSR count). The molecule has 0 spiro atoms. The Morgan fingerprint density at radius 2 is 1.48 bits per heavy atom. The minimum atomic E-state index is -3.82. The number of para-hydroxylation sites is 2. The van der Waals surface area contributed by atoms with Gasteiger partial charge in [-0.3, -0.25) is 25.2 Å². The van der Waals surface area contributed by atoms with Crippen molar-refractivity contribution in [2.24, 2.45) is 0 Å². The average Bonchev–Trinajstić information content (AvgIpc) is 2.77. The van der Waals surface area contributed by atoms with Gasteiger partial charge in [0.15, 0.2) is 18.2 Å². The summed E-state index contributed by atoms with van der Waals surface area (Å²) in [6.45, 7) is -0.510. The summed E-state index contributed by atoms with van der Waals surface area (Å²) in [6.07, 6.45) is 0. The van der Waals surface area contributed by atoms with Gasteiger partial charge in [0.1, 0.15) is 0 Å². The van der Waals surface area contributed by atoms with Crippen molar-refractivity contribution in [1.29, 1.82) is 0 Å². The first-order chi connectivity index (χ1) is 14.8. The number of ether oxygens (including phenoxy) is 1. The van der Waals surface area contributed by atoms with Crippen LogP contribution < -0.4 is 20.3 Å². The molecule has 31 heavy (non-hydrogen) atoms. The van der Waals surface area contributed by atoms with Crippen molar-refractivity contribution in [2.75, 3.05) is 11.3 Å². The highest BCUT2D eigenvalue weighted by Gasteiger charge is 2.15. The molecule has 0 bridgehead atoms. The number of halogens is 1. The molecular formula is C21H18FN3O5S. The minimum absolute atomic E-state index is 0.0322. The number of sulfonamides is 1. The minimum Gasteiger partial charge on any atom is -0.481 e. The Kier molecular flexibility index (Phi) is 6.83. The molecule has 3 aromatic rings. The number of amides is 2. The second-order valence-electron chi connectivity index (χ2n) is 6.22. The molecule has 0 heterocycles. The third-order valence-electron chi connectivity index (χ3n) is 3.96. The van der Waals surface area contributed by atoms with Crippen LogP contribution >= 0.6 is 0 Å². The normalized spacial score (nSPS) is 10.7. The predicted molar refractivity (Wildman–Crippen MR) is 111 cm³/mol. The molecule has 160 valence electrons. The van der Waals surface area contributed by atoms with Crippen molar-refractivity contribution in [2.45, 2.75) is 4.90 Å². The predicted octanol–water partition coefficient (Wildman–Crippen LogP) is 2.47. The van der Waals surface area contributed by atoms with Gasteiger partial charge in [0, 0.05) is 11.3 Å². The third kappa shape index (κ3) is 6.03. The van der Waals surface area contributed by atoms with Gasteiger partial charge in [-0.25, -0.2) is 12.8 Å². The van der Waals surface area contributed by atoms with E-state index in [-0.39, 0.29) is 16.2 Å². The van der Waals surface area contributed by atoms with Gasteiger partial charge in [0.2, 0.25) is 0 Å². The first-order valence-corrected chi connectivity index (χ1v) is 10.5. The second kappa shape index (κ2) is 9.72. The van der Waals surface area contributed by atoms with Crippen molar-refractivity contribution in [3.05, 3.63) is 90.2 Å². The van der Waals surface area contributed by atoms with Gasteiger partial charge in [0.05, 0.1) is 4.90 Å². The summed E-state index contributed by atoms with van der Waals surface area (Å²) in [5, 5.41) is 0. The monoisotopic (exact) mass is 443 g/mol. The van der Waals surface area contributed by atoms with Gasteiger partial charge < -0.3 is 4.74 Å². The largest absolute Gasteiger partial charge is 0.481 e. The highest BCUT2D eigenvalue weighted by atomic mass is 32.2. The highest BCUT2D eigenvalue weighted by molar-refractivity contribution is 7.92. The molecule has 0 saturated carbocycles. The van der Waals surface area contributed by atoms with Crippen LogP contribution in [0.2, 0.25) is 0 Å². The first kappa shape index (κ1) is 21.8. The Bertz CT molecular complexity index is 1170. The fourth-order valence-corrected chi connectivity index (χ4v) is 3.50. The molecule has 0 aromatic heterocycles. The van der Waals surface area contributed by atoms with Gasteiger partial charge in [0.25, 0.3) is 21.8 Å². The molecule has 0 aliphatic heterocycles. The van der Waals surface area contributed by atoms with Crippen LogP contribution in [0.4, 0.5) is 10.1 Å². The smallest absolute Gasteiger partial charge is 0.276 e. The number of hydrogen-bond acceptors (Lipinski definition) is 5. The molecule has 2 amide bonds. The Hall–Kier alpha value is -3.92. The number of carbonyl (C=O) groups excluding carboxylic acids is 2. The summed E-state index contributed by atoms with van der Waals surface area (Å²) in [7, 11) is -3.82. The molecule has 8 nitrogen and oxygen atoms in total. The number of benzene rings is 3. The van der Waals surface area contributed by atoms with E-state index in [2.05, 4.69) is 15.6 Å². The summed E-state index contributed by atoms with van der Waals surface area (Å²) in [5.74, 6) is -2.08. The second-order valence-corrected chi connectivity index (χ2v) is 7.90. The standard InChI is InChI=1S/C21H18FN3O5S/c22-18-8-4-5-9-19(18)30-14-20(26)23-24-21(27)15-10-12-17(13-11-15)31(28,29)25-16-6-2-1-3-7-16/h1-13,25H,14H2,(H,23,26)(H,24,27). The summed E-state index contributed by atoms with van der Waals surface area (Å²) in [4.78, 5) is 23.9. The Balaban J connectivity index is 1.53. The molecule has 0 unspecified atom stereocenters. The molecule has 0 fully saturated rings. The van der Waals surface area contributed by atoms with Gasteiger partial charge in [-0.2, -0.15) is 0 Å². The number of nitrogens with one attached hydrogen (secondary N) is 3. The molecule has 0 saturated heterocycles. The van der Waals surface area contributed by atoms with E-state index >= 15 is 0 Å². The van der Waals surface area contributed by atoms with Crippen molar-refractivity contribution >= 4 is 27.5 Å². The Labute approximate surface area is 178 Å². The van der Waals surface area contributed by atoms with Gasteiger partial charge in [-0.1, -0.05) is 30.3 Å². The number of hydrazine groups is 1. The summed E-state index contributed by atoms with van der Waals surface area (Å²) in [6, 6.07) is 19.1. The Morgan fingerprint density at radius 3 is 2.16 bits per heavy atom. The van der Waals surface area contributed by atoms with Crippen molar-refractivity contribution in [3.8, 4) is 5.75 Å². The Morgan fingerprint density at radius 1 is 0.839 bits per heavy atom. The first-order valence-electron chi connectivity index (χ1n) is 8.99. The lowest BCUT2D eigenvalue weighted by atomic mass is 10.2. The maximum atomic E-state index is 13.4. The van der Waals surface area contributed by atoms with Crippen LogP contribution in [-0.2, 0) is 14.8 Å². The summed E-state index contributed by atoms with van der Waals surface area (Å²) >= 11 is 0. The van der Waals surface area contributed by atoms with Crippen molar-refractivity contribution < 1.29 is 27.1 Å². The van der Waals surface area contributed by atoms with E-state index in [1.165, 1.54) is 42.5 Å². The number of anilines is 1. The van der Waals surface area contributed by atoms with Gasteiger partial charge in [-0.15, -0.1) is 0 Å². The zero-order valence-electron chi connectivity index (χ0n) is 16.0. The van der Waals surface area contributed by atoms with E-state index in [1.54, 1.807) is 36.4 Å². The van der Waals surface area contributed by atoms with Crippen LogP contribution in [0.15, 0.2) is 83.8 Å². The van der Waals surface area contributed by atoms with E-state index in [9.17, 15) is 22.4 Å². The zero-order chi connectivity index (χ0) is 22.3. The number of rotatable bonds is 7. The summed E-state index contributed by atoms with van der Waals surface area (Å²) in [5.41, 5.74) is 4.83. The molecular weight excluding hydrogens is 425 g/mol. The average molecular weight is 443 g/mol. The lowest BCUT2D eigenvalue weighted by Gasteiger charge is -2.10. The molecule has 3 aromatic carbocycles. The van der Waals surface area contributed by atoms with Crippen molar-refractivity contribution in [3.63, 3.8) is 0 Å². The molecule has 0 aliphatic rings. The molecule has 0 atom stereocenters. The third-order valence-corrected chi connectivity index (χ3v) is 5.36. The molecule has 0 aliphatic carbocycles. The van der Waals surface area contributed by atoms with Crippen LogP contribution in [0.1, 0.15) is 10.4 Å². The van der Waals surface area contributed by atoms with E-state index in [0.717, 1.165) is 0 Å². The molecule has 0 radical (unpaired) electrons. The van der Waals surface area contributed by atoms with Gasteiger partial charge >= 0.3 is 0 Å². The van der Waals surface area contributed by atoms with Crippen LogP contribution in [-0.4, -0.2) is 26.8 Å². The van der Waals surface area contributed by atoms with E-state index in [0.29, 0.717) is 5.69 Å². The van der Waals surface area contributed by atoms with E-state index in [1.807, 2.05) is 0 Å². The SMILES string of the molecule is O=C(COc1ccccc1F)NNC(=O)c1ccc(S(=O)(=O)Nc2ccccc2)cc1. The van der Waals surface area contributed by atoms with Crippen LogP contribution in [0.3, 0.4) is 0 Å². The lowest BCUT2D eigenvalue weighted by Crippen LogP contribution is -2.43. The number of carbonyl (C=O) groups is 2. The topological polar surface area (TPSA) is 114 Å². The highest BCUT2D eigenvalue weighted by Crippen LogP contribution is 2.16. The zero-order valence-corrected chi connectivity index (χ0v) is 16.9. The maximum absolute atomic E-state index is 13.4. The van der Waals surface area contributed by atoms with Gasteiger partial charge in [-0.05, 0) is 48.5 Å². The maximum Gasteiger partial charge on any atom is 0.276 e. The number of hydrogen-bond donors (Lipinski definition) is 3.